The Morgan fingerprint density at radius 3 is 2.88 bits per heavy atom. The van der Waals surface area contributed by atoms with E-state index in [1.54, 1.807) is 10.9 Å². The molecule has 6 heteroatoms. The summed E-state index contributed by atoms with van der Waals surface area (Å²) < 4.78 is 1.80. The maximum Gasteiger partial charge on any atom is 0.228 e. The Balaban J connectivity index is 1.39. The van der Waals surface area contributed by atoms with Gasteiger partial charge in [0.05, 0.1) is 11.6 Å². The summed E-state index contributed by atoms with van der Waals surface area (Å²) in [5.41, 5.74) is 1.80. The molecule has 2 aliphatic rings. The monoisotopic (exact) mass is 370 g/mol. The van der Waals surface area contributed by atoms with Crippen molar-refractivity contribution in [1.29, 1.82) is 0 Å². The largest absolute Gasteiger partial charge is 0.326 e. The van der Waals surface area contributed by atoms with Crippen molar-refractivity contribution in [1.82, 2.24) is 14.7 Å². The SMILES string of the molecule is O=C(Nc1cccc(-n2cccn2)c1)[C@@H]1CCCN(C2CCSCC2)C1. The van der Waals surface area contributed by atoms with Gasteiger partial charge in [-0.05, 0) is 68.0 Å². The van der Waals surface area contributed by atoms with Crippen molar-refractivity contribution in [3.05, 3.63) is 42.7 Å². The Hall–Kier alpha value is -1.79. The Bertz CT molecular complexity index is 727. The molecule has 5 nitrogen and oxygen atoms in total. The Labute approximate surface area is 159 Å². The molecule has 138 valence electrons. The first-order chi connectivity index (χ1) is 12.8. The van der Waals surface area contributed by atoms with Gasteiger partial charge in [-0.2, -0.15) is 16.9 Å². The predicted octanol–water partition coefficient (Wildman–Crippen LogP) is 3.42. The minimum atomic E-state index is 0.0895. The molecule has 4 rings (SSSR count). The first kappa shape index (κ1) is 17.6. The molecule has 2 saturated heterocycles. The summed E-state index contributed by atoms with van der Waals surface area (Å²) in [5.74, 6) is 2.76. The fourth-order valence-electron chi connectivity index (χ4n) is 3.99. The van der Waals surface area contributed by atoms with E-state index < -0.39 is 0 Å². The highest BCUT2D eigenvalue weighted by molar-refractivity contribution is 7.99. The molecule has 26 heavy (non-hydrogen) atoms. The van der Waals surface area contributed by atoms with Crippen LogP contribution in [0.25, 0.3) is 5.69 Å². The van der Waals surface area contributed by atoms with Crippen LogP contribution in [-0.4, -0.2) is 51.2 Å². The molecule has 1 amide bonds. The number of carbonyl (C=O) groups is 1. The number of carbonyl (C=O) groups excluding carboxylic acids is 1. The number of likely N-dealkylation sites (tertiary alicyclic amines) is 1. The summed E-state index contributed by atoms with van der Waals surface area (Å²) in [5, 5.41) is 7.38. The second-order valence-corrected chi connectivity index (χ2v) is 8.39. The first-order valence-corrected chi connectivity index (χ1v) is 10.7. The molecule has 0 radical (unpaired) electrons. The highest BCUT2D eigenvalue weighted by Gasteiger charge is 2.30. The third-order valence-corrected chi connectivity index (χ3v) is 6.46. The van der Waals surface area contributed by atoms with Crippen molar-refractivity contribution in [3.8, 4) is 5.69 Å². The summed E-state index contributed by atoms with van der Waals surface area (Å²) in [6.45, 7) is 2.05. The van der Waals surface area contributed by atoms with Gasteiger partial charge >= 0.3 is 0 Å². The van der Waals surface area contributed by atoms with Crippen molar-refractivity contribution in [2.24, 2.45) is 5.92 Å². The Kier molecular flexibility index (Phi) is 5.60. The molecule has 0 bridgehead atoms. The van der Waals surface area contributed by atoms with E-state index in [1.165, 1.54) is 24.3 Å². The summed E-state index contributed by atoms with van der Waals surface area (Å²) in [4.78, 5) is 15.4. The number of rotatable bonds is 4. The van der Waals surface area contributed by atoms with Crippen molar-refractivity contribution >= 4 is 23.4 Å². The van der Waals surface area contributed by atoms with Crippen LogP contribution in [0.2, 0.25) is 0 Å². The van der Waals surface area contributed by atoms with Crippen molar-refractivity contribution in [2.45, 2.75) is 31.7 Å². The van der Waals surface area contributed by atoms with Crippen LogP contribution in [0.3, 0.4) is 0 Å². The molecule has 2 aliphatic heterocycles. The summed E-state index contributed by atoms with van der Waals surface area (Å²) in [6, 6.07) is 10.4. The smallest absolute Gasteiger partial charge is 0.228 e. The number of hydrogen-bond donors (Lipinski definition) is 1. The van der Waals surface area contributed by atoms with E-state index in [9.17, 15) is 4.79 Å². The van der Waals surface area contributed by atoms with Crippen LogP contribution in [0, 0.1) is 5.92 Å². The molecular weight excluding hydrogens is 344 g/mol. The van der Waals surface area contributed by atoms with Gasteiger partial charge in [-0.15, -0.1) is 0 Å². The van der Waals surface area contributed by atoms with E-state index in [2.05, 4.69) is 27.1 Å². The number of aromatic nitrogens is 2. The van der Waals surface area contributed by atoms with Crippen LogP contribution in [-0.2, 0) is 4.79 Å². The number of benzene rings is 1. The maximum atomic E-state index is 12.8. The number of thioether (sulfide) groups is 1. The van der Waals surface area contributed by atoms with Crippen LogP contribution in [0.4, 0.5) is 5.69 Å². The van der Waals surface area contributed by atoms with E-state index in [-0.39, 0.29) is 11.8 Å². The number of hydrogen-bond acceptors (Lipinski definition) is 4. The van der Waals surface area contributed by atoms with Gasteiger partial charge < -0.3 is 5.32 Å². The van der Waals surface area contributed by atoms with E-state index in [1.807, 2.05) is 36.5 Å². The quantitative estimate of drug-likeness (QED) is 0.896. The van der Waals surface area contributed by atoms with Gasteiger partial charge in [0.2, 0.25) is 5.91 Å². The lowest BCUT2D eigenvalue weighted by atomic mass is 9.94. The zero-order valence-corrected chi connectivity index (χ0v) is 15.8. The first-order valence-electron chi connectivity index (χ1n) is 9.52. The van der Waals surface area contributed by atoms with Gasteiger partial charge in [-0.25, -0.2) is 4.68 Å². The molecule has 0 saturated carbocycles. The minimum Gasteiger partial charge on any atom is -0.326 e. The lowest BCUT2D eigenvalue weighted by Crippen LogP contribution is -2.47. The second-order valence-electron chi connectivity index (χ2n) is 7.17. The molecule has 0 spiro atoms. The predicted molar refractivity (Wildman–Crippen MR) is 107 cm³/mol. The summed E-state index contributed by atoms with van der Waals surface area (Å²) in [6.07, 6.45) is 8.31. The number of anilines is 1. The molecule has 0 aliphatic carbocycles. The average Bonchev–Trinajstić information content (AvgIpc) is 3.24. The summed E-state index contributed by atoms with van der Waals surface area (Å²) >= 11 is 2.06. The zero-order chi connectivity index (χ0) is 17.8. The van der Waals surface area contributed by atoms with Gasteiger partial charge in [0.1, 0.15) is 0 Å². The normalized spacial score (nSPS) is 22.2. The molecule has 3 heterocycles. The van der Waals surface area contributed by atoms with E-state index in [0.29, 0.717) is 6.04 Å². The molecule has 1 aromatic carbocycles. The van der Waals surface area contributed by atoms with E-state index >= 15 is 0 Å². The van der Waals surface area contributed by atoms with Crippen LogP contribution in [0.5, 0.6) is 0 Å². The standard InChI is InChI=1S/C20H26N4OS/c25-20(16-4-2-10-23(15-16)18-7-12-26-13-8-18)22-17-5-1-6-19(14-17)24-11-3-9-21-24/h1,3,5-6,9,11,14,16,18H,2,4,7-8,10,12-13,15H2,(H,22,25)/t16-/m1/s1. The van der Waals surface area contributed by atoms with Gasteiger partial charge in [0.25, 0.3) is 0 Å². The van der Waals surface area contributed by atoms with Gasteiger partial charge in [0, 0.05) is 30.7 Å². The number of nitrogens with zero attached hydrogens (tertiary/aromatic N) is 3. The van der Waals surface area contributed by atoms with Gasteiger partial charge in [-0.1, -0.05) is 6.07 Å². The second kappa shape index (κ2) is 8.27. The van der Waals surface area contributed by atoms with Crippen molar-refractivity contribution < 1.29 is 4.79 Å². The van der Waals surface area contributed by atoms with Crippen LogP contribution in [0.1, 0.15) is 25.7 Å². The summed E-state index contributed by atoms with van der Waals surface area (Å²) in [7, 11) is 0. The molecule has 1 atom stereocenters. The third-order valence-electron chi connectivity index (χ3n) is 5.41. The van der Waals surface area contributed by atoms with E-state index in [4.69, 9.17) is 0 Å². The highest BCUT2D eigenvalue weighted by Crippen LogP contribution is 2.27. The molecular formula is C20H26N4OS. The number of amides is 1. The zero-order valence-electron chi connectivity index (χ0n) is 15.0. The number of nitrogens with one attached hydrogen (secondary N) is 1. The third kappa shape index (κ3) is 4.13. The highest BCUT2D eigenvalue weighted by atomic mass is 32.2. The van der Waals surface area contributed by atoms with Crippen LogP contribution >= 0.6 is 11.8 Å². The van der Waals surface area contributed by atoms with E-state index in [0.717, 1.165) is 37.3 Å². The fourth-order valence-corrected chi connectivity index (χ4v) is 5.08. The molecule has 0 unspecified atom stereocenters. The minimum absolute atomic E-state index is 0.0895. The van der Waals surface area contributed by atoms with Crippen molar-refractivity contribution in [2.75, 3.05) is 29.9 Å². The molecule has 1 aromatic heterocycles. The molecule has 1 N–H and O–H groups in total. The van der Waals surface area contributed by atoms with Crippen LogP contribution < -0.4 is 5.32 Å². The molecule has 2 aromatic rings. The molecule has 2 fully saturated rings. The lowest BCUT2D eigenvalue weighted by molar-refractivity contribution is -0.121. The van der Waals surface area contributed by atoms with Crippen LogP contribution in [0.15, 0.2) is 42.7 Å². The average molecular weight is 371 g/mol. The Morgan fingerprint density at radius 1 is 1.19 bits per heavy atom. The number of piperidine rings is 1. The lowest BCUT2D eigenvalue weighted by Gasteiger charge is -2.39. The fraction of sp³-hybridized carbons (Fsp3) is 0.500. The van der Waals surface area contributed by atoms with Gasteiger partial charge in [0.15, 0.2) is 0 Å². The van der Waals surface area contributed by atoms with Crippen molar-refractivity contribution in [3.63, 3.8) is 0 Å². The van der Waals surface area contributed by atoms with Gasteiger partial charge in [-0.3, -0.25) is 9.69 Å². The maximum absolute atomic E-state index is 12.8. The Morgan fingerprint density at radius 2 is 2.08 bits per heavy atom. The topological polar surface area (TPSA) is 50.2 Å².